The van der Waals surface area contributed by atoms with Crippen LogP contribution in [0.1, 0.15) is 23.2 Å². The Morgan fingerprint density at radius 2 is 1.65 bits per heavy atom. The molecule has 0 fully saturated rings. The minimum Gasteiger partial charge on any atom is -0.478 e. The molecule has 1 aromatic carbocycles. The van der Waals surface area contributed by atoms with Gasteiger partial charge in [0.1, 0.15) is 0 Å². The van der Waals surface area contributed by atoms with Crippen molar-refractivity contribution in [3.8, 4) is 0 Å². The maximum Gasteiger partial charge on any atom is 0.330 e. The number of aliphatic carboxylic acids is 1. The second-order valence-electron chi connectivity index (χ2n) is 3.72. The van der Waals surface area contributed by atoms with Gasteiger partial charge in [-0.3, -0.25) is 4.79 Å². The zero-order valence-electron chi connectivity index (χ0n) is 9.27. The molecule has 0 heterocycles. The lowest BCUT2D eigenvalue weighted by Crippen LogP contribution is -2.05. The van der Waals surface area contributed by atoms with E-state index in [2.05, 4.69) is 6.58 Å². The lowest BCUT2D eigenvalue weighted by atomic mass is 10.0. The monoisotopic (exact) mass is 234 g/mol. The van der Waals surface area contributed by atoms with E-state index < -0.39 is 5.97 Å². The van der Waals surface area contributed by atoms with E-state index in [1.54, 1.807) is 6.07 Å². The fraction of sp³-hybridized carbons (Fsp3) is 0.167. The Hall–Kier alpha value is -2.30. The van der Waals surface area contributed by atoms with Crippen molar-refractivity contribution in [3.63, 3.8) is 0 Å². The van der Waals surface area contributed by atoms with Gasteiger partial charge in [0.15, 0.2) is 5.78 Å². The predicted molar refractivity (Wildman–Crippen MR) is 65.6 cm³/mol. The molecule has 0 unspecified atom stereocenters. The van der Waals surface area contributed by atoms with Gasteiger partial charge in [0.2, 0.25) is 0 Å². The largest absolute Gasteiger partial charge is 0.478 e. The van der Waals surface area contributed by atoms with Crippen molar-refractivity contribution >= 4 is 23.1 Å². The third-order valence-corrected chi connectivity index (χ3v) is 2.26. The number of ketones is 1. The highest BCUT2D eigenvalue weighted by molar-refractivity contribution is 5.98. The molecule has 0 bridgehead atoms. The molecule has 90 valence electrons. The maximum atomic E-state index is 11.7. The Morgan fingerprint density at radius 1 is 1.12 bits per heavy atom. The zero-order chi connectivity index (χ0) is 13.0. The first kappa shape index (κ1) is 12.8. The van der Waals surface area contributed by atoms with Crippen molar-refractivity contribution in [1.82, 2.24) is 0 Å². The predicted octanol–water partition coefficient (Wildman–Crippen LogP) is 1.45. The summed E-state index contributed by atoms with van der Waals surface area (Å²) in [6.07, 6.45) is 0.191. The van der Waals surface area contributed by atoms with E-state index in [0.29, 0.717) is 16.9 Å². The van der Waals surface area contributed by atoms with Gasteiger partial charge in [-0.05, 0) is 24.6 Å². The van der Waals surface area contributed by atoms with Gasteiger partial charge in [-0.2, -0.15) is 0 Å². The van der Waals surface area contributed by atoms with Crippen molar-refractivity contribution in [1.29, 1.82) is 0 Å². The number of hydrogen-bond acceptors (Lipinski definition) is 4. The van der Waals surface area contributed by atoms with Crippen molar-refractivity contribution < 1.29 is 14.7 Å². The molecule has 0 aromatic heterocycles. The molecule has 5 nitrogen and oxygen atoms in total. The molecular weight excluding hydrogens is 220 g/mol. The molecule has 0 aliphatic carbocycles. The van der Waals surface area contributed by atoms with Crippen LogP contribution in [0, 0.1) is 0 Å². The van der Waals surface area contributed by atoms with Crippen LogP contribution in [0.5, 0.6) is 0 Å². The lowest BCUT2D eigenvalue weighted by molar-refractivity contribution is -0.132. The van der Waals surface area contributed by atoms with Crippen molar-refractivity contribution in [2.24, 2.45) is 0 Å². The summed E-state index contributed by atoms with van der Waals surface area (Å²) in [6, 6.07) is 4.58. The fourth-order valence-corrected chi connectivity index (χ4v) is 1.35. The highest BCUT2D eigenvalue weighted by atomic mass is 16.4. The number of nitrogen functional groups attached to an aromatic ring is 2. The molecule has 0 amide bonds. The number of rotatable bonds is 5. The van der Waals surface area contributed by atoms with E-state index in [1.807, 2.05) is 0 Å². The second-order valence-corrected chi connectivity index (χ2v) is 3.72. The highest BCUT2D eigenvalue weighted by Gasteiger charge is 2.10. The van der Waals surface area contributed by atoms with E-state index in [0.717, 1.165) is 0 Å². The number of anilines is 2. The molecule has 17 heavy (non-hydrogen) atoms. The summed E-state index contributed by atoms with van der Waals surface area (Å²) in [7, 11) is 0. The van der Waals surface area contributed by atoms with Crippen LogP contribution in [-0.4, -0.2) is 16.9 Å². The van der Waals surface area contributed by atoms with E-state index in [9.17, 15) is 9.59 Å². The Labute approximate surface area is 98.7 Å². The number of carboxylic acids is 1. The lowest BCUT2D eigenvalue weighted by Gasteiger charge is -2.04. The number of benzene rings is 1. The Bertz CT molecular complexity index is 460. The Morgan fingerprint density at radius 3 is 2.12 bits per heavy atom. The summed E-state index contributed by atoms with van der Waals surface area (Å²) in [5.41, 5.74) is 12.3. The molecule has 0 aliphatic heterocycles. The van der Waals surface area contributed by atoms with E-state index in [1.165, 1.54) is 12.1 Å². The number of carbonyl (C=O) groups excluding carboxylic acids is 1. The first-order valence-electron chi connectivity index (χ1n) is 5.00. The maximum absolute atomic E-state index is 11.7. The molecule has 5 N–H and O–H groups in total. The third-order valence-electron chi connectivity index (χ3n) is 2.26. The number of Topliss-reactive ketones (excluding diaryl/α,β-unsaturated/α-hetero) is 1. The van der Waals surface area contributed by atoms with Crippen LogP contribution < -0.4 is 11.5 Å². The molecule has 1 aromatic rings. The molecular formula is C12H14N2O3. The molecule has 5 heteroatoms. The summed E-state index contributed by atoms with van der Waals surface area (Å²) < 4.78 is 0. The van der Waals surface area contributed by atoms with Crippen molar-refractivity contribution in [2.75, 3.05) is 11.5 Å². The van der Waals surface area contributed by atoms with Crippen LogP contribution in [-0.2, 0) is 4.79 Å². The SMILES string of the molecule is C=C(CCC(=O)c1cc(N)cc(N)c1)C(=O)O. The summed E-state index contributed by atoms with van der Waals surface area (Å²) >= 11 is 0. The van der Waals surface area contributed by atoms with Crippen LogP contribution in [0.25, 0.3) is 0 Å². The number of nitrogens with two attached hydrogens (primary N) is 2. The van der Waals surface area contributed by atoms with Gasteiger partial charge >= 0.3 is 5.97 Å². The molecule has 0 spiro atoms. The Balaban J connectivity index is 2.70. The molecule has 0 radical (unpaired) electrons. The smallest absolute Gasteiger partial charge is 0.330 e. The van der Waals surface area contributed by atoms with Crippen LogP contribution in [0.3, 0.4) is 0 Å². The highest BCUT2D eigenvalue weighted by Crippen LogP contribution is 2.16. The third kappa shape index (κ3) is 3.64. The summed E-state index contributed by atoms with van der Waals surface area (Å²) in [5.74, 6) is -1.30. The van der Waals surface area contributed by atoms with Gasteiger partial charge < -0.3 is 16.6 Å². The van der Waals surface area contributed by atoms with Crippen LogP contribution in [0.4, 0.5) is 11.4 Å². The van der Waals surface area contributed by atoms with Crippen LogP contribution in [0.2, 0.25) is 0 Å². The van der Waals surface area contributed by atoms with Gasteiger partial charge in [-0.1, -0.05) is 6.58 Å². The summed E-state index contributed by atoms with van der Waals surface area (Å²) in [4.78, 5) is 22.2. The quantitative estimate of drug-likeness (QED) is 0.406. The Kier molecular flexibility index (Phi) is 3.87. The van der Waals surface area contributed by atoms with Gasteiger partial charge in [-0.15, -0.1) is 0 Å². The van der Waals surface area contributed by atoms with Crippen LogP contribution in [0.15, 0.2) is 30.4 Å². The number of carbonyl (C=O) groups is 2. The molecule has 1 rings (SSSR count). The molecule has 0 atom stereocenters. The first-order valence-corrected chi connectivity index (χ1v) is 5.00. The molecule has 0 aliphatic rings. The fourth-order valence-electron chi connectivity index (χ4n) is 1.35. The van der Waals surface area contributed by atoms with Gasteiger partial charge in [-0.25, -0.2) is 4.79 Å². The van der Waals surface area contributed by atoms with Crippen LogP contribution >= 0.6 is 0 Å². The van der Waals surface area contributed by atoms with Gasteiger partial charge in [0, 0.05) is 28.9 Å². The molecule has 0 saturated heterocycles. The van der Waals surface area contributed by atoms with Gasteiger partial charge in [0.25, 0.3) is 0 Å². The van der Waals surface area contributed by atoms with E-state index >= 15 is 0 Å². The van der Waals surface area contributed by atoms with Crippen molar-refractivity contribution in [3.05, 3.63) is 35.9 Å². The minimum absolute atomic E-state index is 0.00947. The van der Waals surface area contributed by atoms with E-state index in [-0.39, 0.29) is 24.2 Å². The second kappa shape index (κ2) is 5.16. The van der Waals surface area contributed by atoms with Gasteiger partial charge in [0.05, 0.1) is 0 Å². The molecule has 0 saturated carbocycles. The number of hydrogen-bond donors (Lipinski definition) is 3. The average molecular weight is 234 g/mol. The standard InChI is InChI=1S/C12H14N2O3/c1-7(12(16)17)2-3-11(15)8-4-9(13)6-10(14)5-8/h4-6H,1-3,13-14H2,(H,16,17). The zero-order valence-corrected chi connectivity index (χ0v) is 9.27. The first-order chi connectivity index (χ1) is 7.90. The van der Waals surface area contributed by atoms with Crippen molar-refractivity contribution in [2.45, 2.75) is 12.8 Å². The summed E-state index contributed by atoms with van der Waals surface area (Å²) in [5, 5.41) is 8.60. The minimum atomic E-state index is -1.09. The average Bonchev–Trinajstić information content (AvgIpc) is 2.23. The normalized spacial score (nSPS) is 9.88. The van der Waals surface area contributed by atoms with E-state index in [4.69, 9.17) is 16.6 Å². The topological polar surface area (TPSA) is 106 Å². The number of carboxylic acid groups (broad SMARTS) is 1. The summed E-state index contributed by atoms with van der Waals surface area (Å²) in [6.45, 7) is 3.35.